The molecule has 0 N–H and O–H groups in total. The van der Waals surface area contributed by atoms with Crippen molar-refractivity contribution >= 4 is 5.97 Å². The van der Waals surface area contributed by atoms with Crippen molar-refractivity contribution in [2.45, 2.75) is 77.5 Å². The molecule has 3 rings (SSSR count). The number of ether oxygens (including phenoxy) is 7. The van der Waals surface area contributed by atoms with Crippen molar-refractivity contribution in [1.29, 1.82) is 5.26 Å². The van der Waals surface area contributed by atoms with Crippen molar-refractivity contribution in [1.82, 2.24) is 0 Å². The summed E-state index contributed by atoms with van der Waals surface area (Å²) in [5, 5.41) is 23.2. The predicted octanol–water partition coefficient (Wildman–Crippen LogP) is 5.51. The highest BCUT2D eigenvalue weighted by Crippen LogP contribution is 2.53. The number of hydrogen-bond donors (Lipinski definition) is 0. The number of rotatable bonds is 16. The summed E-state index contributed by atoms with van der Waals surface area (Å²) in [5.74, 6) is 1.33. The van der Waals surface area contributed by atoms with Crippen molar-refractivity contribution in [2.75, 3.05) is 34.0 Å². The number of fused-ring (bicyclic) bond motifs is 1. The topological polar surface area (TPSA) is 149 Å². The zero-order valence-electron chi connectivity index (χ0n) is 26.4. The maximum Gasteiger partial charge on any atom is 0.303 e. The molecule has 0 amide bonds. The number of carbonyl (C=O) groups excluding carboxylic acids is 1. The van der Waals surface area contributed by atoms with E-state index >= 15 is 0 Å². The molecule has 2 aromatic rings. The van der Waals surface area contributed by atoms with Crippen LogP contribution in [0.1, 0.15) is 59.4 Å². The van der Waals surface area contributed by atoms with Crippen molar-refractivity contribution in [2.24, 2.45) is 5.92 Å². The van der Waals surface area contributed by atoms with Crippen LogP contribution in [0.15, 0.2) is 30.3 Å². The van der Waals surface area contributed by atoms with E-state index in [-0.39, 0.29) is 44.1 Å². The van der Waals surface area contributed by atoms with Gasteiger partial charge < -0.3 is 33.2 Å². The van der Waals surface area contributed by atoms with E-state index in [1.807, 2.05) is 33.8 Å². The van der Waals surface area contributed by atoms with Crippen molar-refractivity contribution < 1.29 is 42.9 Å². The molecule has 12 heteroatoms. The van der Waals surface area contributed by atoms with Crippen LogP contribution in [0.2, 0.25) is 0 Å². The first-order chi connectivity index (χ1) is 21.1. The second-order valence-electron chi connectivity index (χ2n) is 10.7. The van der Waals surface area contributed by atoms with Crippen LogP contribution in [0, 0.1) is 27.4 Å². The van der Waals surface area contributed by atoms with Gasteiger partial charge in [0.2, 0.25) is 11.5 Å². The molecule has 1 aliphatic heterocycles. The number of esters is 1. The highest BCUT2D eigenvalue weighted by atomic mass is 16.6. The Bertz CT molecular complexity index is 1340. The van der Waals surface area contributed by atoms with Crippen LogP contribution < -0.4 is 28.4 Å². The highest BCUT2D eigenvalue weighted by molar-refractivity contribution is 5.66. The third kappa shape index (κ3) is 7.38. The van der Waals surface area contributed by atoms with Gasteiger partial charge in [0, 0.05) is 17.4 Å². The molecule has 0 saturated heterocycles. The predicted molar refractivity (Wildman–Crippen MR) is 161 cm³/mol. The molecule has 44 heavy (non-hydrogen) atoms. The van der Waals surface area contributed by atoms with Crippen LogP contribution in [-0.4, -0.2) is 63.2 Å². The Kier molecular flexibility index (Phi) is 11.9. The van der Waals surface area contributed by atoms with E-state index in [9.17, 15) is 20.2 Å². The first kappa shape index (κ1) is 34.1. The molecule has 1 aliphatic rings. The Morgan fingerprint density at radius 3 is 2.32 bits per heavy atom. The molecule has 0 spiro atoms. The normalized spacial score (nSPS) is 16.6. The van der Waals surface area contributed by atoms with Gasteiger partial charge in [-0.25, -0.2) is 0 Å². The van der Waals surface area contributed by atoms with E-state index in [1.54, 1.807) is 24.3 Å². The van der Waals surface area contributed by atoms with Crippen molar-refractivity contribution in [3.8, 4) is 40.6 Å². The summed E-state index contributed by atoms with van der Waals surface area (Å²) in [4.78, 5) is 24.2. The molecule has 0 bridgehead atoms. The monoisotopic (exact) mass is 614 g/mol. The van der Waals surface area contributed by atoms with E-state index < -0.39 is 34.6 Å². The molecular weight excluding hydrogens is 572 g/mol. The molecule has 0 saturated carbocycles. The minimum atomic E-state index is -1.32. The lowest BCUT2D eigenvalue weighted by Gasteiger charge is -2.35. The van der Waals surface area contributed by atoms with E-state index in [1.165, 1.54) is 21.1 Å². The van der Waals surface area contributed by atoms with Gasteiger partial charge in [0.1, 0.15) is 12.7 Å². The van der Waals surface area contributed by atoms with Crippen molar-refractivity contribution in [3.05, 3.63) is 46.0 Å². The van der Waals surface area contributed by atoms with Gasteiger partial charge in [-0.2, -0.15) is 5.26 Å². The number of nitro groups is 1. The molecule has 4 atom stereocenters. The second-order valence-corrected chi connectivity index (χ2v) is 10.7. The summed E-state index contributed by atoms with van der Waals surface area (Å²) < 4.78 is 40.5. The van der Waals surface area contributed by atoms with Crippen LogP contribution in [0.25, 0.3) is 0 Å². The number of hydrogen-bond acceptors (Lipinski definition) is 11. The Morgan fingerprint density at radius 1 is 1.11 bits per heavy atom. The Hall–Kier alpha value is -4.40. The SMILES string of the molecule is CCOc1cc(C(C#N)(CCC(OC(C)=O)C(CC2COc3ccccc3O2)[N+](=O)[O-])C(C)C)c(OCC)c(OC)c1OC. The van der Waals surface area contributed by atoms with Crippen molar-refractivity contribution in [3.63, 3.8) is 0 Å². The lowest BCUT2D eigenvalue weighted by atomic mass is 9.68. The Balaban J connectivity index is 2.04. The number of nitriles is 1. The third-order valence-corrected chi connectivity index (χ3v) is 7.73. The van der Waals surface area contributed by atoms with Crippen LogP contribution in [0.5, 0.6) is 34.5 Å². The van der Waals surface area contributed by atoms with Crippen LogP contribution >= 0.6 is 0 Å². The number of nitrogens with zero attached hydrogens (tertiary/aromatic N) is 2. The summed E-state index contributed by atoms with van der Waals surface area (Å²) in [6, 6.07) is 9.93. The van der Waals surface area contributed by atoms with Crippen LogP contribution in [-0.2, 0) is 14.9 Å². The zero-order chi connectivity index (χ0) is 32.4. The number of carbonyl (C=O) groups is 1. The third-order valence-electron chi connectivity index (χ3n) is 7.73. The molecule has 2 aromatic carbocycles. The Morgan fingerprint density at radius 2 is 1.77 bits per heavy atom. The van der Waals surface area contributed by atoms with Gasteiger partial charge in [0.25, 0.3) is 6.04 Å². The second kappa shape index (κ2) is 15.4. The fourth-order valence-electron chi connectivity index (χ4n) is 5.57. The smallest absolute Gasteiger partial charge is 0.303 e. The first-order valence-corrected chi connectivity index (χ1v) is 14.7. The summed E-state index contributed by atoms with van der Waals surface area (Å²) >= 11 is 0. The van der Waals surface area contributed by atoms with Gasteiger partial charge in [-0.3, -0.25) is 14.9 Å². The van der Waals surface area contributed by atoms with E-state index in [2.05, 4.69) is 6.07 Å². The molecule has 0 radical (unpaired) electrons. The molecule has 1 heterocycles. The van der Waals surface area contributed by atoms with Gasteiger partial charge in [-0.05, 0) is 50.8 Å². The van der Waals surface area contributed by atoms with E-state index in [0.29, 0.717) is 40.9 Å². The van der Waals surface area contributed by atoms with Gasteiger partial charge >= 0.3 is 5.97 Å². The molecule has 12 nitrogen and oxygen atoms in total. The number of methoxy groups -OCH3 is 2. The summed E-state index contributed by atoms with van der Waals surface area (Å²) in [6.45, 7) is 9.30. The zero-order valence-corrected chi connectivity index (χ0v) is 26.4. The maximum absolute atomic E-state index is 12.4. The first-order valence-electron chi connectivity index (χ1n) is 14.7. The molecule has 0 aliphatic carbocycles. The van der Waals surface area contributed by atoms with E-state index in [0.717, 1.165) is 0 Å². The number of para-hydroxylation sites is 2. The molecule has 4 unspecified atom stereocenters. The van der Waals surface area contributed by atoms with Gasteiger partial charge in [0.05, 0.1) is 45.3 Å². The average molecular weight is 615 g/mol. The Labute approximate surface area is 258 Å². The largest absolute Gasteiger partial charge is 0.490 e. The van der Waals surface area contributed by atoms with E-state index in [4.69, 9.17) is 33.2 Å². The number of benzene rings is 2. The summed E-state index contributed by atoms with van der Waals surface area (Å²) in [6.07, 6.45) is -1.78. The highest BCUT2D eigenvalue weighted by Gasteiger charge is 2.45. The summed E-state index contributed by atoms with van der Waals surface area (Å²) in [7, 11) is 2.95. The quantitative estimate of drug-likeness (QED) is 0.134. The molecular formula is C32H42N2O10. The van der Waals surface area contributed by atoms with Crippen LogP contribution in [0.3, 0.4) is 0 Å². The minimum Gasteiger partial charge on any atom is -0.490 e. The van der Waals surface area contributed by atoms with Gasteiger partial charge in [-0.15, -0.1) is 0 Å². The fraction of sp³-hybridized carbons (Fsp3) is 0.562. The lowest BCUT2D eigenvalue weighted by Crippen LogP contribution is -2.44. The molecule has 0 aromatic heterocycles. The summed E-state index contributed by atoms with van der Waals surface area (Å²) in [5.41, 5.74) is -0.767. The minimum absolute atomic E-state index is 0.00497. The van der Waals surface area contributed by atoms with Gasteiger partial charge in [0.15, 0.2) is 29.1 Å². The average Bonchev–Trinajstić information content (AvgIpc) is 3.00. The lowest BCUT2D eigenvalue weighted by molar-refractivity contribution is -0.536. The standard InChI is InChI=1S/C32H42N2O10/c1-8-40-28-17-23(29(41-9-2)31(39-7)30(28)38-6)32(19-33,20(3)4)15-14-25(43-21(5)35)24(34(36)37)16-22-18-42-26-12-10-11-13-27(26)44-22/h10-13,17,20,22,24-25H,8-9,14-16,18H2,1-7H3. The maximum atomic E-state index is 12.4. The van der Waals surface area contributed by atoms with Gasteiger partial charge in [-0.1, -0.05) is 26.0 Å². The fourth-order valence-corrected chi connectivity index (χ4v) is 5.57. The molecule has 0 fully saturated rings. The molecule has 240 valence electrons. The van der Waals surface area contributed by atoms with Crippen LogP contribution in [0.4, 0.5) is 0 Å².